The van der Waals surface area contributed by atoms with E-state index in [1.54, 1.807) is 0 Å². The van der Waals surface area contributed by atoms with Gasteiger partial charge in [0.15, 0.2) is 0 Å². The number of carbonyl (C=O) groups is 1. The highest BCUT2D eigenvalue weighted by Gasteiger charge is 2.38. The van der Waals surface area contributed by atoms with Crippen LogP contribution in [0.4, 0.5) is 5.69 Å². The topological polar surface area (TPSA) is 32.3 Å². The Kier molecular flexibility index (Phi) is 2.64. The number of hydrogen-bond donors (Lipinski definition) is 1. The van der Waals surface area contributed by atoms with Crippen molar-refractivity contribution in [1.29, 1.82) is 0 Å². The van der Waals surface area contributed by atoms with Gasteiger partial charge < -0.3 is 0 Å². The zero-order valence-electron chi connectivity index (χ0n) is 11.2. The molecular formula is C14H20N2O. The molecule has 17 heavy (non-hydrogen) atoms. The number of anilines is 1. The van der Waals surface area contributed by atoms with Crippen LogP contribution < -0.4 is 10.4 Å². The zero-order valence-corrected chi connectivity index (χ0v) is 11.2. The van der Waals surface area contributed by atoms with Gasteiger partial charge in [0.1, 0.15) is 0 Å². The molecule has 0 aromatic heterocycles. The molecule has 1 fully saturated rings. The van der Waals surface area contributed by atoms with Gasteiger partial charge in [-0.1, -0.05) is 17.7 Å². The van der Waals surface area contributed by atoms with Gasteiger partial charge in [-0.2, -0.15) is 0 Å². The van der Waals surface area contributed by atoms with Crippen LogP contribution in [0.2, 0.25) is 0 Å². The second-order valence-corrected chi connectivity index (χ2v) is 5.66. The second-order valence-electron chi connectivity index (χ2n) is 5.66. The van der Waals surface area contributed by atoms with Crippen LogP contribution in [-0.4, -0.2) is 12.5 Å². The number of hydrogen-bond acceptors (Lipinski definition) is 2. The Bertz CT molecular complexity index is 454. The van der Waals surface area contributed by atoms with E-state index >= 15 is 0 Å². The van der Waals surface area contributed by atoms with Crippen LogP contribution >= 0.6 is 0 Å². The van der Waals surface area contributed by atoms with Gasteiger partial charge in [-0.3, -0.25) is 15.2 Å². The molecule has 0 aliphatic carbocycles. The zero-order chi connectivity index (χ0) is 12.8. The van der Waals surface area contributed by atoms with E-state index in [2.05, 4.69) is 38.3 Å². The highest BCUT2D eigenvalue weighted by atomic mass is 16.2. The highest BCUT2D eigenvalue weighted by molar-refractivity contribution is 5.87. The van der Waals surface area contributed by atoms with Crippen LogP contribution in [0.1, 0.15) is 30.5 Å². The molecule has 1 heterocycles. The lowest BCUT2D eigenvalue weighted by Crippen LogP contribution is -2.34. The molecule has 0 spiro atoms. The fraction of sp³-hybridized carbons (Fsp3) is 0.500. The molecule has 1 amide bonds. The van der Waals surface area contributed by atoms with Gasteiger partial charge in [-0.25, -0.2) is 0 Å². The summed E-state index contributed by atoms with van der Waals surface area (Å²) >= 11 is 0. The molecule has 1 saturated heterocycles. The van der Waals surface area contributed by atoms with E-state index in [4.69, 9.17) is 0 Å². The van der Waals surface area contributed by atoms with Crippen molar-refractivity contribution in [2.45, 2.75) is 34.6 Å². The minimum Gasteiger partial charge on any atom is -0.284 e. The highest BCUT2D eigenvalue weighted by Crippen LogP contribution is 2.31. The van der Waals surface area contributed by atoms with Gasteiger partial charge in [-0.05, 0) is 45.7 Å². The third-order valence-electron chi connectivity index (χ3n) is 3.31. The first-order chi connectivity index (χ1) is 7.81. The van der Waals surface area contributed by atoms with Crippen molar-refractivity contribution in [1.82, 2.24) is 5.43 Å². The van der Waals surface area contributed by atoms with Crippen LogP contribution in [0.3, 0.4) is 0 Å². The molecule has 0 bridgehead atoms. The normalized spacial score (nSPS) is 18.4. The van der Waals surface area contributed by atoms with E-state index in [-0.39, 0.29) is 11.3 Å². The summed E-state index contributed by atoms with van der Waals surface area (Å²) in [6.45, 7) is 10.9. The Morgan fingerprint density at radius 1 is 1.18 bits per heavy atom. The molecule has 3 heteroatoms. The second kappa shape index (κ2) is 3.76. The number of aryl methyl sites for hydroxylation is 3. The molecule has 1 aliphatic heterocycles. The maximum absolute atomic E-state index is 11.8. The van der Waals surface area contributed by atoms with E-state index in [0.29, 0.717) is 0 Å². The Hall–Kier alpha value is -1.51. The molecule has 3 nitrogen and oxygen atoms in total. The van der Waals surface area contributed by atoms with Gasteiger partial charge in [0.05, 0.1) is 17.6 Å². The lowest BCUT2D eigenvalue weighted by atomic mass is 9.94. The van der Waals surface area contributed by atoms with Crippen molar-refractivity contribution in [2.24, 2.45) is 5.41 Å². The SMILES string of the molecule is Cc1cc(C)c(N2CC(C)(C)C(=O)N2)c(C)c1. The number of nitrogens with zero attached hydrogens (tertiary/aromatic N) is 1. The van der Waals surface area contributed by atoms with Crippen molar-refractivity contribution in [3.05, 3.63) is 28.8 Å². The molecule has 0 atom stereocenters. The first-order valence-corrected chi connectivity index (χ1v) is 5.98. The van der Waals surface area contributed by atoms with E-state index in [1.807, 2.05) is 18.9 Å². The third kappa shape index (κ3) is 2.02. The minimum absolute atomic E-state index is 0.0943. The molecule has 2 rings (SSSR count). The number of amides is 1. The summed E-state index contributed by atoms with van der Waals surface area (Å²) in [7, 11) is 0. The molecule has 0 saturated carbocycles. The van der Waals surface area contributed by atoms with E-state index in [9.17, 15) is 4.79 Å². The summed E-state index contributed by atoms with van der Waals surface area (Å²) in [4.78, 5) is 11.8. The molecule has 1 aromatic rings. The summed E-state index contributed by atoms with van der Waals surface area (Å²) in [5.41, 5.74) is 7.45. The summed E-state index contributed by atoms with van der Waals surface area (Å²) in [6.07, 6.45) is 0. The monoisotopic (exact) mass is 232 g/mol. The van der Waals surface area contributed by atoms with Crippen LogP contribution in [0, 0.1) is 26.2 Å². The quantitative estimate of drug-likeness (QED) is 0.806. The molecule has 1 aromatic carbocycles. The molecule has 0 radical (unpaired) electrons. The van der Waals surface area contributed by atoms with Gasteiger partial charge >= 0.3 is 0 Å². The van der Waals surface area contributed by atoms with Gasteiger partial charge in [0, 0.05) is 0 Å². The Morgan fingerprint density at radius 2 is 1.71 bits per heavy atom. The Balaban J connectivity index is 2.40. The minimum atomic E-state index is -0.316. The summed E-state index contributed by atoms with van der Waals surface area (Å²) in [5.74, 6) is 0.0943. The van der Waals surface area contributed by atoms with Gasteiger partial charge in [0.25, 0.3) is 0 Å². The number of nitrogens with one attached hydrogen (secondary N) is 1. The van der Waals surface area contributed by atoms with Crippen LogP contribution in [0.15, 0.2) is 12.1 Å². The first kappa shape index (κ1) is 12.0. The summed E-state index contributed by atoms with van der Waals surface area (Å²) < 4.78 is 0. The first-order valence-electron chi connectivity index (χ1n) is 5.98. The molecule has 1 aliphatic rings. The Labute approximate surface area is 103 Å². The van der Waals surface area contributed by atoms with E-state index in [1.165, 1.54) is 16.7 Å². The van der Waals surface area contributed by atoms with Gasteiger partial charge in [-0.15, -0.1) is 0 Å². The van der Waals surface area contributed by atoms with Crippen molar-refractivity contribution in [3.63, 3.8) is 0 Å². The van der Waals surface area contributed by atoms with E-state index in [0.717, 1.165) is 12.2 Å². The van der Waals surface area contributed by atoms with Crippen molar-refractivity contribution < 1.29 is 4.79 Å². The van der Waals surface area contributed by atoms with E-state index < -0.39 is 0 Å². The fourth-order valence-corrected chi connectivity index (χ4v) is 2.51. The molecule has 0 unspecified atom stereocenters. The molecular weight excluding hydrogens is 212 g/mol. The maximum atomic E-state index is 11.8. The largest absolute Gasteiger partial charge is 0.284 e. The van der Waals surface area contributed by atoms with Crippen LogP contribution in [0.5, 0.6) is 0 Å². The van der Waals surface area contributed by atoms with Gasteiger partial charge in [0.2, 0.25) is 5.91 Å². The predicted octanol–water partition coefficient (Wildman–Crippen LogP) is 2.49. The average molecular weight is 232 g/mol. The smallest absolute Gasteiger partial charge is 0.246 e. The van der Waals surface area contributed by atoms with Crippen molar-refractivity contribution >= 4 is 11.6 Å². The maximum Gasteiger partial charge on any atom is 0.246 e. The summed E-state index contributed by atoms with van der Waals surface area (Å²) in [5, 5.41) is 1.98. The fourth-order valence-electron chi connectivity index (χ4n) is 2.51. The van der Waals surface area contributed by atoms with Crippen LogP contribution in [-0.2, 0) is 4.79 Å². The molecule has 1 N–H and O–H groups in total. The third-order valence-corrected chi connectivity index (χ3v) is 3.31. The summed E-state index contributed by atoms with van der Waals surface area (Å²) in [6, 6.07) is 4.31. The Morgan fingerprint density at radius 3 is 2.12 bits per heavy atom. The number of rotatable bonds is 1. The predicted molar refractivity (Wildman–Crippen MR) is 69.9 cm³/mol. The number of benzene rings is 1. The number of carbonyl (C=O) groups excluding carboxylic acids is 1. The number of hydrazine groups is 1. The lowest BCUT2D eigenvalue weighted by Gasteiger charge is -2.23. The van der Waals surface area contributed by atoms with Crippen LogP contribution in [0.25, 0.3) is 0 Å². The lowest BCUT2D eigenvalue weighted by molar-refractivity contribution is -0.125. The van der Waals surface area contributed by atoms with Crippen molar-refractivity contribution in [2.75, 3.05) is 11.6 Å². The molecule has 92 valence electrons. The standard InChI is InChI=1S/C14H20N2O/c1-9-6-10(2)12(11(3)7-9)16-8-14(4,5)13(17)15-16/h6-7H,8H2,1-5H3,(H,15,17). The average Bonchev–Trinajstić information content (AvgIpc) is 2.38. The van der Waals surface area contributed by atoms with Crippen molar-refractivity contribution in [3.8, 4) is 0 Å².